The van der Waals surface area contributed by atoms with Gasteiger partial charge in [-0.05, 0) is 25.5 Å². The number of aromatic nitrogens is 1. The monoisotopic (exact) mass is 235 g/mol. The van der Waals surface area contributed by atoms with Crippen LogP contribution in [0.2, 0.25) is 0 Å². The summed E-state index contributed by atoms with van der Waals surface area (Å²) < 4.78 is 0. The maximum atomic E-state index is 11.9. The van der Waals surface area contributed by atoms with E-state index in [-0.39, 0.29) is 17.5 Å². The molecule has 2 rings (SSSR count). The molecule has 5 nitrogen and oxygen atoms in total. The van der Waals surface area contributed by atoms with Crippen LogP contribution in [-0.4, -0.2) is 30.0 Å². The molecule has 1 atom stereocenters. The summed E-state index contributed by atoms with van der Waals surface area (Å²) in [6.45, 7) is 1.80. The number of hydrogen-bond donors (Lipinski definition) is 3. The van der Waals surface area contributed by atoms with Crippen LogP contribution in [0.25, 0.3) is 0 Å². The number of carbonyl (C=O) groups excluding carboxylic acids is 1. The molecule has 3 N–H and O–H groups in total. The summed E-state index contributed by atoms with van der Waals surface area (Å²) in [5, 5.41) is 6.21. The predicted octanol–water partition coefficient (Wildman–Crippen LogP) is 0.247. The number of nitrogens with one attached hydrogen (secondary N) is 3. The molecule has 0 radical (unpaired) electrons. The second kappa shape index (κ2) is 5.63. The number of pyridine rings is 1. The normalized spacial score (nSPS) is 20.6. The quantitative estimate of drug-likeness (QED) is 0.687. The predicted molar refractivity (Wildman–Crippen MR) is 65.0 cm³/mol. The molecule has 0 spiro atoms. The second-order valence-electron chi connectivity index (χ2n) is 4.30. The number of carbonyl (C=O) groups is 1. The first-order valence-corrected chi connectivity index (χ1v) is 5.96. The van der Waals surface area contributed by atoms with Crippen molar-refractivity contribution in [2.75, 3.05) is 13.1 Å². The van der Waals surface area contributed by atoms with Crippen molar-refractivity contribution in [3.63, 3.8) is 0 Å². The Hall–Kier alpha value is -1.62. The summed E-state index contributed by atoms with van der Waals surface area (Å²) >= 11 is 0. The molecule has 1 aliphatic heterocycles. The fourth-order valence-electron chi connectivity index (χ4n) is 1.99. The molecule has 1 unspecified atom stereocenters. The lowest BCUT2D eigenvalue weighted by atomic mass is 10.1. The van der Waals surface area contributed by atoms with Gasteiger partial charge in [0.2, 0.25) is 5.56 Å². The standard InChI is InChI=1S/C12H17N3O2/c16-11-6-3-5-10(15-11)12(17)14-9-4-1-2-7-13-8-9/h3,5-6,9,13H,1-2,4,7-8H2,(H,14,17)(H,15,16). The van der Waals surface area contributed by atoms with Crippen LogP contribution in [0, 0.1) is 0 Å². The van der Waals surface area contributed by atoms with E-state index in [0.717, 1.165) is 32.4 Å². The zero-order valence-corrected chi connectivity index (χ0v) is 9.66. The molecule has 0 aliphatic carbocycles. The van der Waals surface area contributed by atoms with Gasteiger partial charge in [0, 0.05) is 18.7 Å². The van der Waals surface area contributed by atoms with E-state index in [9.17, 15) is 9.59 Å². The minimum Gasteiger partial charge on any atom is -0.347 e. The molecular weight excluding hydrogens is 218 g/mol. The maximum absolute atomic E-state index is 11.9. The van der Waals surface area contributed by atoms with Gasteiger partial charge < -0.3 is 15.6 Å². The van der Waals surface area contributed by atoms with Gasteiger partial charge in [0.15, 0.2) is 0 Å². The fraction of sp³-hybridized carbons (Fsp3) is 0.500. The molecule has 0 saturated carbocycles. The first kappa shape index (κ1) is 11.9. The third-order valence-corrected chi connectivity index (χ3v) is 2.90. The van der Waals surface area contributed by atoms with Crippen molar-refractivity contribution in [3.05, 3.63) is 34.2 Å². The molecule has 1 saturated heterocycles. The first-order valence-electron chi connectivity index (χ1n) is 5.96. The molecule has 1 fully saturated rings. The number of hydrogen-bond acceptors (Lipinski definition) is 3. The minimum atomic E-state index is -0.253. The van der Waals surface area contributed by atoms with Gasteiger partial charge in [-0.2, -0.15) is 0 Å². The molecule has 0 bridgehead atoms. The van der Waals surface area contributed by atoms with Crippen molar-refractivity contribution < 1.29 is 4.79 Å². The smallest absolute Gasteiger partial charge is 0.268 e. The van der Waals surface area contributed by atoms with E-state index >= 15 is 0 Å². The summed E-state index contributed by atoms with van der Waals surface area (Å²) in [6, 6.07) is 4.73. The largest absolute Gasteiger partial charge is 0.347 e. The van der Waals surface area contributed by atoms with Crippen LogP contribution in [0.1, 0.15) is 29.8 Å². The highest BCUT2D eigenvalue weighted by atomic mass is 16.2. The van der Waals surface area contributed by atoms with Crippen molar-refractivity contribution >= 4 is 5.91 Å². The third kappa shape index (κ3) is 3.42. The van der Waals surface area contributed by atoms with E-state index in [1.54, 1.807) is 12.1 Å². The average molecular weight is 235 g/mol. The lowest BCUT2D eigenvalue weighted by Crippen LogP contribution is -2.41. The highest BCUT2D eigenvalue weighted by Gasteiger charge is 2.15. The van der Waals surface area contributed by atoms with Gasteiger partial charge in [-0.25, -0.2) is 0 Å². The molecule has 1 aliphatic rings. The fourth-order valence-corrected chi connectivity index (χ4v) is 1.99. The van der Waals surface area contributed by atoms with Crippen molar-refractivity contribution in [2.45, 2.75) is 25.3 Å². The van der Waals surface area contributed by atoms with Crippen LogP contribution in [0.15, 0.2) is 23.0 Å². The molecule has 1 aromatic heterocycles. The molecular formula is C12H17N3O2. The van der Waals surface area contributed by atoms with Crippen molar-refractivity contribution in [3.8, 4) is 0 Å². The van der Waals surface area contributed by atoms with Crippen molar-refractivity contribution in [1.82, 2.24) is 15.6 Å². The lowest BCUT2D eigenvalue weighted by molar-refractivity contribution is 0.0930. The summed E-state index contributed by atoms with van der Waals surface area (Å²) in [6.07, 6.45) is 3.24. The molecule has 17 heavy (non-hydrogen) atoms. The van der Waals surface area contributed by atoms with Crippen LogP contribution in [0.5, 0.6) is 0 Å². The molecule has 92 valence electrons. The van der Waals surface area contributed by atoms with Crippen LogP contribution >= 0.6 is 0 Å². The summed E-state index contributed by atoms with van der Waals surface area (Å²) in [4.78, 5) is 25.5. The Morgan fingerprint density at radius 1 is 1.35 bits per heavy atom. The average Bonchev–Trinajstić information content (AvgIpc) is 2.57. The van der Waals surface area contributed by atoms with Gasteiger partial charge >= 0.3 is 0 Å². The number of rotatable bonds is 2. The van der Waals surface area contributed by atoms with E-state index < -0.39 is 0 Å². The minimum absolute atomic E-state index is 0.147. The van der Waals surface area contributed by atoms with Gasteiger partial charge in [0.1, 0.15) is 5.69 Å². The SMILES string of the molecule is O=C(NC1CCCCNC1)c1cccc(=O)[nH]1. The lowest BCUT2D eigenvalue weighted by Gasteiger charge is -2.16. The number of H-pyrrole nitrogens is 1. The molecule has 1 amide bonds. The van der Waals surface area contributed by atoms with E-state index in [1.807, 2.05) is 0 Å². The summed E-state index contributed by atoms with van der Waals surface area (Å²) in [5.41, 5.74) is 0.0680. The van der Waals surface area contributed by atoms with Gasteiger partial charge in [0.25, 0.3) is 5.91 Å². The van der Waals surface area contributed by atoms with Gasteiger partial charge in [-0.1, -0.05) is 12.5 Å². The van der Waals surface area contributed by atoms with E-state index in [2.05, 4.69) is 15.6 Å². The summed E-state index contributed by atoms with van der Waals surface area (Å²) in [5.74, 6) is -0.212. The van der Waals surface area contributed by atoms with Gasteiger partial charge in [-0.15, -0.1) is 0 Å². The van der Waals surface area contributed by atoms with Crippen LogP contribution < -0.4 is 16.2 Å². The Morgan fingerprint density at radius 2 is 2.24 bits per heavy atom. The van der Waals surface area contributed by atoms with Crippen LogP contribution in [0.3, 0.4) is 0 Å². The third-order valence-electron chi connectivity index (χ3n) is 2.90. The van der Waals surface area contributed by atoms with Crippen molar-refractivity contribution in [2.24, 2.45) is 0 Å². The Balaban J connectivity index is 1.98. The molecule has 5 heteroatoms. The van der Waals surface area contributed by atoms with Crippen LogP contribution in [0.4, 0.5) is 0 Å². The second-order valence-corrected chi connectivity index (χ2v) is 4.30. The molecule has 0 aromatic carbocycles. The van der Waals surface area contributed by atoms with E-state index in [0.29, 0.717) is 5.69 Å². The molecule has 1 aromatic rings. The Labute approximate surface area is 99.6 Å². The highest BCUT2D eigenvalue weighted by Crippen LogP contribution is 2.04. The number of amides is 1. The zero-order valence-electron chi connectivity index (χ0n) is 9.66. The Kier molecular flexibility index (Phi) is 3.93. The van der Waals surface area contributed by atoms with Gasteiger partial charge in [0.05, 0.1) is 0 Å². The maximum Gasteiger partial charge on any atom is 0.268 e. The van der Waals surface area contributed by atoms with E-state index in [4.69, 9.17) is 0 Å². The van der Waals surface area contributed by atoms with Crippen LogP contribution in [-0.2, 0) is 0 Å². The topological polar surface area (TPSA) is 74.0 Å². The van der Waals surface area contributed by atoms with E-state index in [1.165, 1.54) is 6.07 Å². The molecule has 2 heterocycles. The Bertz CT molecular complexity index is 433. The highest BCUT2D eigenvalue weighted by molar-refractivity contribution is 5.92. The Morgan fingerprint density at radius 3 is 3.06 bits per heavy atom. The summed E-state index contributed by atoms with van der Waals surface area (Å²) in [7, 11) is 0. The zero-order chi connectivity index (χ0) is 12.1. The van der Waals surface area contributed by atoms with Gasteiger partial charge in [-0.3, -0.25) is 9.59 Å². The van der Waals surface area contributed by atoms with Crippen molar-refractivity contribution in [1.29, 1.82) is 0 Å². The first-order chi connectivity index (χ1) is 8.25. The number of aromatic amines is 1.